The van der Waals surface area contributed by atoms with E-state index in [1.807, 2.05) is 19.9 Å². The van der Waals surface area contributed by atoms with Crippen molar-refractivity contribution in [3.8, 4) is 0 Å². The normalized spacial score (nSPS) is 18.9. The SMILES string of the molecule is CC(C)(NC(=O)C1CC=CCC1)c1ccc(F)cc1Cl. The molecule has 2 nitrogen and oxygen atoms in total. The lowest BCUT2D eigenvalue weighted by Crippen LogP contribution is -2.44. The average Bonchev–Trinajstić information content (AvgIpc) is 2.38. The molecular formula is C16H19ClFNO. The van der Waals surface area contributed by atoms with E-state index in [9.17, 15) is 9.18 Å². The van der Waals surface area contributed by atoms with E-state index in [0.29, 0.717) is 5.02 Å². The summed E-state index contributed by atoms with van der Waals surface area (Å²) in [7, 11) is 0. The van der Waals surface area contributed by atoms with Crippen molar-refractivity contribution in [3.63, 3.8) is 0 Å². The predicted octanol–water partition coefficient (Wildman–Crippen LogP) is 4.19. The van der Waals surface area contributed by atoms with Gasteiger partial charge in [-0.15, -0.1) is 0 Å². The lowest BCUT2D eigenvalue weighted by atomic mass is 9.90. The van der Waals surface area contributed by atoms with Gasteiger partial charge in [-0.3, -0.25) is 4.79 Å². The zero-order valence-corrected chi connectivity index (χ0v) is 12.5. The van der Waals surface area contributed by atoms with E-state index in [-0.39, 0.29) is 17.6 Å². The number of carbonyl (C=O) groups excluding carboxylic acids is 1. The van der Waals surface area contributed by atoms with Gasteiger partial charge < -0.3 is 5.32 Å². The van der Waals surface area contributed by atoms with Crippen molar-refractivity contribution in [1.82, 2.24) is 5.32 Å². The highest BCUT2D eigenvalue weighted by molar-refractivity contribution is 6.31. The molecule has 1 aromatic rings. The Bertz CT molecular complexity index is 539. The molecule has 0 fully saturated rings. The summed E-state index contributed by atoms with van der Waals surface area (Å²) in [4.78, 5) is 12.3. The van der Waals surface area contributed by atoms with Gasteiger partial charge in [-0.2, -0.15) is 0 Å². The topological polar surface area (TPSA) is 29.1 Å². The van der Waals surface area contributed by atoms with E-state index in [1.165, 1.54) is 12.1 Å². The monoisotopic (exact) mass is 295 g/mol. The molecule has 0 heterocycles. The molecule has 4 heteroatoms. The molecule has 2 rings (SSSR count). The Kier molecular flexibility index (Phi) is 4.48. The number of benzene rings is 1. The number of carbonyl (C=O) groups is 1. The lowest BCUT2D eigenvalue weighted by Gasteiger charge is -2.30. The molecule has 20 heavy (non-hydrogen) atoms. The summed E-state index contributed by atoms with van der Waals surface area (Å²) < 4.78 is 13.1. The average molecular weight is 296 g/mol. The minimum Gasteiger partial charge on any atom is -0.347 e. The smallest absolute Gasteiger partial charge is 0.224 e. The third-order valence-electron chi connectivity index (χ3n) is 3.68. The van der Waals surface area contributed by atoms with Gasteiger partial charge >= 0.3 is 0 Å². The van der Waals surface area contributed by atoms with E-state index >= 15 is 0 Å². The summed E-state index contributed by atoms with van der Waals surface area (Å²) in [5, 5.41) is 3.36. The van der Waals surface area contributed by atoms with Crippen LogP contribution in [-0.2, 0) is 10.3 Å². The number of rotatable bonds is 3. The Labute approximate surface area is 124 Å². The molecule has 108 valence electrons. The van der Waals surface area contributed by atoms with Gasteiger partial charge in [-0.1, -0.05) is 29.8 Å². The molecule has 0 aromatic heterocycles. The Morgan fingerprint density at radius 3 is 2.75 bits per heavy atom. The number of amides is 1. The second-order valence-electron chi connectivity index (χ2n) is 5.72. The first kappa shape index (κ1) is 15.0. The quantitative estimate of drug-likeness (QED) is 0.833. The number of nitrogens with one attached hydrogen (secondary N) is 1. The fraction of sp³-hybridized carbons (Fsp3) is 0.438. The number of hydrogen-bond donors (Lipinski definition) is 1. The van der Waals surface area contributed by atoms with Gasteiger partial charge in [0.15, 0.2) is 0 Å². The van der Waals surface area contributed by atoms with Gasteiger partial charge in [0, 0.05) is 10.9 Å². The second kappa shape index (κ2) is 5.96. The van der Waals surface area contributed by atoms with E-state index in [4.69, 9.17) is 11.6 Å². The maximum absolute atomic E-state index is 13.1. The summed E-state index contributed by atoms with van der Waals surface area (Å²) in [5.74, 6) is -0.337. The van der Waals surface area contributed by atoms with Gasteiger partial charge in [-0.25, -0.2) is 4.39 Å². The zero-order chi connectivity index (χ0) is 14.8. The highest BCUT2D eigenvalue weighted by Gasteiger charge is 2.29. The Balaban J connectivity index is 2.13. The summed E-state index contributed by atoms with van der Waals surface area (Å²) in [6.45, 7) is 3.76. The summed E-state index contributed by atoms with van der Waals surface area (Å²) >= 11 is 6.08. The predicted molar refractivity (Wildman–Crippen MR) is 79.1 cm³/mol. The van der Waals surface area contributed by atoms with Crippen LogP contribution in [-0.4, -0.2) is 5.91 Å². The number of allylic oxidation sites excluding steroid dienone is 2. The summed E-state index contributed by atoms with van der Waals surface area (Å²) in [6, 6.07) is 4.26. The Morgan fingerprint density at radius 2 is 2.15 bits per heavy atom. The fourth-order valence-corrected chi connectivity index (χ4v) is 2.91. The molecule has 1 atom stereocenters. The number of hydrogen-bond acceptors (Lipinski definition) is 1. The highest BCUT2D eigenvalue weighted by atomic mass is 35.5. The van der Waals surface area contributed by atoms with Crippen LogP contribution in [0.4, 0.5) is 4.39 Å². The maximum atomic E-state index is 13.1. The molecule has 1 amide bonds. The fourth-order valence-electron chi connectivity index (χ4n) is 2.51. The standard InChI is InChI=1S/C16H19ClFNO/c1-16(2,13-9-8-12(18)10-14(13)17)19-15(20)11-6-4-3-5-7-11/h3-4,8-11H,5-7H2,1-2H3,(H,19,20). The first-order valence-electron chi connectivity index (χ1n) is 6.83. The van der Waals surface area contributed by atoms with Crippen molar-refractivity contribution in [3.05, 3.63) is 46.8 Å². The van der Waals surface area contributed by atoms with Gasteiger partial charge in [0.05, 0.1) is 5.54 Å². The molecule has 1 aliphatic carbocycles. The molecule has 0 radical (unpaired) electrons. The van der Waals surface area contributed by atoms with Crippen molar-refractivity contribution in [2.45, 2.75) is 38.6 Å². The van der Waals surface area contributed by atoms with Crippen molar-refractivity contribution in [1.29, 1.82) is 0 Å². The molecule has 0 aliphatic heterocycles. The van der Waals surface area contributed by atoms with Crippen LogP contribution in [0.5, 0.6) is 0 Å². The van der Waals surface area contributed by atoms with Crippen molar-refractivity contribution in [2.75, 3.05) is 0 Å². The largest absolute Gasteiger partial charge is 0.347 e. The molecule has 1 aliphatic rings. The van der Waals surface area contributed by atoms with Gasteiger partial charge in [0.2, 0.25) is 5.91 Å². The van der Waals surface area contributed by atoms with E-state index in [0.717, 1.165) is 24.8 Å². The summed E-state index contributed by atoms with van der Waals surface area (Å²) in [5.41, 5.74) is 0.100. The maximum Gasteiger partial charge on any atom is 0.224 e. The number of halogens is 2. The molecule has 0 spiro atoms. The van der Waals surface area contributed by atoms with Crippen LogP contribution in [0.1, 0.15) is 38.7 Å². The molecule has 1 unspecified atom stereocenters. The first-order valence-corrected chi connectivity index (χ1v) is 7.20. The van der Waals surface area contributed by atoms with E-state index < -0.39 is 5.54 Å². The zero-order valence-electron chi connectivity index (χ0n) is 11.7. The van der Waals surface area contributed by atoms with Gasteiger partial charge in [0.1, 0.15) is 5.82 Å². The van der Waals surface area contributed by atoms with Gasteiger partial charge in [-0.05, 0) is 50.8 Å². The second-order valence-corrected chi connectivity index (χ2v) is 6.13. The van der Waals surface area contributed by atoms with E-state index in [1.54, 1.807) is 6.07 Å². The van der Waals surface area contributed by atoms with Crippen molar-refractivity contribution in [2.24, 2.45) is 5.92 Å². The summed E-state index contributed by atoms with van der Waals surface area (Å²) in [6.07, 6.45) is 6.74. The van der Waals surface area contributed by atoms with Crippen LogP contribution in [0, 0.1) is 11.7 Å². The third kappa shape index (κ3) is 3.40. The minimum absolute atomic E-state index is 0.0125. The van der Waals surface area contributed by atoms with Crippen LogP contribution in [0.2, 0.25) is 5.02 Å². The van der Waals surface area contributed by atoms with Gasteiger partial charge in [0.25, 0.3) is 0 Å². The van der Waals surface area contributed by atoms with E-state index in [2.05, 4.69) is 11.4 Å². The Morgan fingerprint density at radius 1 is 1.40 bits per heavy atom. The molecule has 1 N–H and O–H groups in total. The Hall–Kier alpha value is -1.35. The van der Waals surface area contributed by atoms with Crippen molar-refractivity contribution >= 4 is 17.5 Å². The van der Waals surface area contributed by atoms with Crippen LogP contribution < -0.4 is 5.32 Å². The molecule has 1 aromatic carbocycles. The molecular weight excluding hydrogens is 277 g/mol. The van der Waals surface area contributed by atoms with Crippen LogP contribution >= 0.6 is 11.6 Å². The van der Waals surface area contributed by atoms with Crippen LogP contribution in [0.15, 0.2) is 30.4 Å². The molecule has 0 saturated carbocycles. The highest BCUT2D eigenvalue weighted by Crippen LogP contribution is 2.29. The minimum atomic E-state index is -0.622. The molecule has 0 saturated heterocycles. The third-order valence-corrected chi connectivity index (χ3v) is 3.99. The molecule has 0 bridgehead atoms. The van der Waals surface area contributed by atoms with Crippen LogP contribution in [0.25, 0.3) is 0 Å². The first-order chi connectivity index (χ1) is 9.40. The lowest BCUT2D eigenvalue weighted by molar-refractivity contribution is -0.127. The van der Waals surface area contributed by atoms with Crippen LogP contribution in [0.3, 0.4) is 0 Å². The van der Waals surface area contributed by atoms with Crippen molar-refractivity contribution < 1.29 is 9.18 Å².